The number of carbonyl (C=O) groups excluding carboxylic acids is 2. The molecule has 2 aromatic carbocycles. The standard InChI is InChI=1S/C18H16F2N2O3/c1-18(12-6-7-14(19)15(20)9-12)16(23)22(17(24)21-18)10-11-4-3-5-13(8-11)25-2/h3-9H,10H2,1-2H3,(H,21,24)/t18-/m0/s1. The van der Waals surface area contributed by atoms with Gasteiger partial charge in [0.2, 0.25) is 0 Å². The molecule has 1 atom stereocenters. The number of ether oxygens (including phenoxy) is 1. The molecule has 1 heterocycles. The Balaban J connectivity index is 1.89. The molecule has 3 amide bonds. The van der Waals surface area contributed by atoms with Crippen molar-refractivity contribution in [1.82, 2.24) is 10.2 Å². The first-order valence-corrected chi connectivity index (χ1v) is 7.57. The zero-order valence-electron chi connectivity index (χ0n) is 13.7. The van der Waals surface area contributed by atoms with E-state index in [0.717, 1.165) is 17.0 Å². The van der Waals surface area contributed by atoms with E-state index in [1.807, 2.05) is 0 Å². The van der Waals surface area contributed by atoms with Crippen molar-refractivity contribution >= 4 is 11.9 Å². The Labute approximate surface area is 143 Å². The summed E-state index contributed by atoms with van der Waals surface area (Å²) in [5.41, 5.74) is -0.569. The first-order chi connectivity index (χ1) is 11.8. The van der Waals surface area contributed by atoms with Crippen molar-refractivity contribution in [2.24, 2.45) is 0 Å². The SMILES string of the molecule is COc1cccc(CN2C(=O)N[C@@](C)(c3ccc(F)c(F)c3)C2=O)c1. The number of hydrogen-bond acceptors (Lipinski definition) is 3. The summed E-state index contributed by atoms with van der Waals surface area (Å²) >= 11 is 0. The first-order valence-electron chi connectivity index (χ1n) is 7.57. The van der Waals surface area contributed by atoms with Crippen molar-refractivity contribution < 1.29 is 23.1 Å². The fraction of sp³-hybridized carbons (Fsp3) is 0.222. The van der Waals surface area contributed by atoms with Gasteiger partial charge in [0.05, 0.1) is 13.7 Å². The van der Waals surface area contributed by atoms with Crippen molar-refractivity contribution in [3.63, 3.8) is 0 Å². The number of nitrogens with one attached hydrogen (secondary N) is 1. The maximum absolute atomic E-state index is 13.5. The maximum Gasteiger partial charge on any atom is 0.325 e. The number of benzene rings is 2. The van der Waals surface area contributed by atoms with Crippen LogP contribution in [0.5, 0.6) is 5.75 Å². The average molecular weight is 346 g/mol. The Bertz CT molecular complexity index is 856. The highest BCUT2D eigenvalue weighted by Gasteiger charge is 2.49. The molecule has 1 aliphatic heterocycles. The number of carbonyl (C=O) groups is 2. The highest BCUT2D eigenvalue weighted by atomic mass is 19.2. The molecule has 0 unspecified atom stereocenters. The molecule has 130 valence electrons. The quantitative estimate of drug-likeness (QED) is 0.866. The van der Waals surface area contributed by atoms with Gasteiger partial charge in [0.15, 0.2) is 11.6 Å². The Morgan fingerprint density at radius 3 is 2.56 bits per heavy atom. The highest BCUT2D eigenvalue weighted by Crippen LogP contribution is 2.31. The summed E-state index contributed by atoms with van der Waals surface area (Å²) in [6.07, 6.45) is 0. The van der Waals surface area contributed by atoms with Crippen molar-refractivity contribution in [3.05, 3.63) is 65.2 Å². The number of urea groups is 1. The molecule has 7 heteroatoms. The number of rotatable bonds is 4. The molecule has 0 bridgehead atoms. The van der Waals surface area contributed by atoms with Crippen LogP contribution in [-0.2, 0) is 16.9 Å². The number of amides is 3. The van der Waals surface area contributed by atoms with Gasteiger partial charge in [0.1, 0.15) is 11.3 Å². The second-order valence-electron chi connectivity index (χ2n) is 5.93. The zero-order chi connectivity index (χ0) is 18.2. The second kappa shape index (κ2) is 6.16. The third-order valence-corrected chi connectivity index (χ3v) is 4.25. The highest BCUT2D eigenvalue weighted by molar-refractivity contribution is 6.07. The lowest BCUT2D eigenvalue weighted by Crippen LogP contribution is -2.41. The Hall–Kier alpha value is -2.96. The number of nitrogens with zero attached hydrogens (tertiary/aromatic N) is 1. The lowest BCUT2D eigenvalue weighted by atomic mass is 9.92. The molecule has 1 saturated heterocycles. The number of methoxy groups -OCH3 is 1. The van der Waals surface area contributed by atoms with Gasteiger partial charge in [-0.15, -0.1) is 0 Å². The molecular formula is C18H16F2N2O3. The fourth-order valence-corrected chi connectivity index (χ4v) is 2.80. The van der Waals surface area contributed by atoms with Crippen LogP contribution >= 0.6 is 0 Å². The summed E-state index contributed by atoms with van der Waals surface area (Å²) < 4.78 is 31.8. The summed E-state index contributed by atoms with van der Waals surface area (Å²) in [5.74, 6) is -2.02. The molecule has 0 spiro atoms. The van der Waals surface area contributed by atoms with Crippen LogP contribution in [0, 0.1) is 11.6 Å². The van der Waals surface area contributed by atoms with Crippen molar-refractivity contribution in [3.8, 4) is 5.75 Å². The molecule has 0 radical (unpaired) electrons. The average Bonchev–Trinajstić information content (AvgIpc) is 2.81. The van der Waals surface area contributed by atoms with Gasteiger partial charge in [-0.2, -0.15) is 0 Å². The summed E-state index contributed by atoms with van der Waals surface area (Å²) in [7, 11) is 1.52. The van der Waals surface area contributed by atoms with Gasteiger partial charge < -0.3 is 10.1 Å². The van der Waals surface area contributed by atoms with Gasteiger partial charge >= 0.3 is 6.03 Å². The molecule has 3 rings (SSSR count). The summed E-state index contributed by atoms with van der Waals surface area (Å²) in [4.78, 5) is 26.1. The molecule has 2 aromatic rings. The van der Waals surface area contributed by atoms with Crippen LogP contribution in [0.1, 0.15) is 18.1 Å². The monoisotopic (exact) mass is 346 g/mol. The van der Waals surface area contributed by atoms with Crippen molar-refractivity contribution in [2.75, 3.05) is 7.11 Å². The Morgan fingerprint density at radius 1 is 1.12 bits per heavy atom. The molecule has 5 nitrogen and oxygen atoms in total. The van der Waals surface area contributed by atoms with E-state index in [1.165, 1.54) is 20.1 Å². The summed E-state index contributed by atoms with van der Waals surface area (Å²) in [5, 5.41) is 2.56. The molecule has 25 heavy (non-hydrogen) atoms. The van der Waals surface area contributed by atoms with Crippen LogP contribution in [0.2, 0.25) is 0 Å². The van der Waals surface area contributed by atoms with Crippen LogP contribution in [0.15, 0.2) is 42.5 Å². The predicted octanol–water partition coefficient (Wildman–Crippen LogP) is 2.94. The van der Waals surface area contributed by atoms with E-state index in [-0.39, 0.29) is 12.1 Å². The normalized spacial score (nSPS) is 19.9. The molecule has 0 saturated carbocycles. The largest absolute Gasteiger partial charge is 0.497 e. The van der Waals surface area contributed by atoms with E-state index in [2.05, 4.69) is 5.32 Å². The lowest BCUT2D eigenvalue weighted by Gasteiger charge is -2.22. The number of imide groups is 1. The van der Waals surface area contributed by atoms with Crippen LogP contribution in [0.25, 0.3) is 0 Å². The van der Waals surface area contributed by atoms with Crippen LogP contribution in [-0.4, -0.2) is 23.9 Å². The molecule has 1 N–H and O–H groups in total. The minimum atomic E-state index is -1.45. The topological polar surface area (TPSA) is 58.6 Å². The summed E-state index contributed by atoms with van der Waals surface area (Å²) in [6.45, 7) is 1.51. The van der Waals surface area contributed by atoms with E-state index in [1.54, 1.807) is 24.3 Å². The minimum absolute atomic E-state index is 0.0428. The van der Waals surface area contributed by atoms with Crippen LogP contribution < -0.4 is 10.1 Å². The zero-order valence-corrected chi connectivity index (χ0v) is 13.7. The van der Waals surface area contributed by atoms with E-state index in [9.17, 15) is 18.4 Å². The van der Waals surface area contributed by atoms with E-state index in [0.29, 0.717) is 11.3 Å². The third-order valence-electron chi connectivity index (χ3n) is 4.25. The minimum Gasteiger partial charge on any atom is -0.497 e. The molecule has 0 aromatic heterocycles. The van der Waals surface area contributed by atoms with Gasteiger partial charge in [-0.3, -0.25) is 9.69 Å². The summed E-state index contributed by atoms with van der Waals surface area (Å²) in [6, 6.07) is 9.51. The van der Waals surface area contributed by atoms with Crippen molar-refractivity contribution in [2.45, 2.75) is 19.0 Å². The van der Waals surface area contributed by atoms with Gasteiger partial charge in [-0.05, 0) is 42.3 Å². The maximum atomic E-state index is 13.5. The van der Waals surface area contributed by atoms with Gasteiger partial charge in [-0.25, -0.2) is 13.6 Å². The molecule has 1 fully saturated rings. The first kappa shape index (κ1) is 16.9. The fourth-order valence-electron chi connectivity index (χ4n) is 2.80. The second-order valence-corrected chi connectivity index (χ2v) is 5.93. The van der Waals surface area contributed by atoms with E-state index >= 15 is 0 Å². The van der Waals surface area contributed by atoms with E-state index < -0.39 is 29.1 Å². The van der Waals surface area contributed by atoms with E-state index in [4.69, 9.17) is 4.74 Å². The molecular weight excluding hydrogens is 330 g/mol. The molecule has 0 aliphatic carbocycles. The van der Waals surface area contributed by atoms with Gasteiger partial charge in [0.25, 0.3) is 5.91 Å². The van der Waals surface area contributed by atoms with Gasteiger partial charge in [0, 0.05) is 0 Å². The van der Waals surface area contributed by atoms with Crippen molar-refractivity contribution in [1.29, 1.82) is 0 Å². The predicted molar refractivity (Wildman–Crippen MR) is 85.8 cm³/mol. The smallest absolute Gasteiger partial charge is 0.325 e. The number of hydrogen-bond donors (Lipinski definition) is 1. The van der Waals surface area contributed by atoms with Crippen LogP contribution in [0.3, 0.4) is 0 Å². The number of halogens is 2. The lowest BCUT2D eigenvalue weighted by molar-refractivity contribution is -0.131. The Kier molecular flexibility index (Phi) is 4.16. The third kappa shape index (κ3) is 2.93. The molecule has 1 aliphatic rings. The van der Waals surface area contributed by atoms with Crippen LogP contribution in [0.4, 0.5) is 13.6 Å². The van der Waals surface area contributed by atoms with Gasteiger partial charge in [-0.1, -0.05) is 18.2 Å². The Morgan fingerprint density at radius 2 is 1.88 bits per heavy atom.